The molecule has 92 valence electrons. The van der Waals surface area contributed by atoms with Gasteiger partial charge in [0.05, 0.1) is 6.54 Å². The maximum Gasteiger partial charge on any atom is 0.246 e. The predicted octanol–water partition coefficient (Wildman–Crippen LogP) is 1.80. The van der Waals surface area contributed by atoms with Gasteiger partial charge in [-0.05, 0) is 35.0 Å². The summed E-state index contributed by atoms with van der Waals surface area (Å²) in [5.41, 5.74) is 0.766. The lowest BCUT2D eigenvalue weighted by atomic mass is 10.5. The highest BCUT2D eigenvalue weighted by Crippen LogP contribution is 2.12. The van der Waals surface area contributed by atoms with Crippen LogP contribution in [-0.4, -0.2) is 24.7 Å². The Morgan fingerprint density at radius 2 is 2.28 bits per heavy atom. The van der Waals surface area contributed by atoms with Crippen LogP contribution in [0.3, 0.4) is 0 Å². The summed E-state index contributed by atoms with van der Waals surface area (Å²) in [4.78, 5) is 8.39. The first-order valence-electron chi connectivity index (χ1n) is 5.26. The van der Waals surface area contributed by atoms with E-state index in [9.17, 15) is 0 Å². The first kappa shape index (κ1) is 11.1. The molecule has 3 aromatic heterocycles. The van der Waals surface area contributed by atoms with E-state index >= 15 is 0 Å². The molecule has 0 spiro atoms. The molecule has 0 aliphatic heterocycles. The summed E-state index contributed by atoms with van der Waals surface area (Å²) in [5, 5.41) is 11.0. The number of pyridine rings is 1. The van der Waals surface area contributed by atoms with Gasteiger partial charge in [-0.3, -0.25) is 0 Å². The van der Waals surface area contributed by atoms with Crippen LogP contribution in [0.15, 0.2) is 27.3 Å². The van der Waals surface area contributed by atoms with Crippen molar-refractivity contribution in [3.05, 3.63) is 34.5 Å². The second-order valence-electron chi connectivity index (χ2n) is 3.67. The Kier molecular flexibility index (Phi) is 2.71. The third-order valence-electron chi connectivity index (χ3n) is 2.26. The molecule has 0 unspecified atom stereocenters. The van der Waals surface area contributed by atoms with Crippen molar-refractivity contribution in [1.29, 1.82) is 0 Å². The van der Waals surface area contributed by atoms with Gasteiger partial charge < -0.3 is 9.84 Å². The average molecular weight is 309 g/mol. The Labute approximate surface area is 110 Å². The van der Waals surface area contributed by atoms with E-state index in [2.05, 4.69) is 41.5 Å². The lowest BCUT2D eigenvalue weighted by Gasteiger charge is -1.94. The van der Waals surface area contributed by atoms with E-state index in [4.69, 9.17) is 4.52 Å². The standard InChI is InChI=1S/C10H9BrN6O/c1-6-13-9(18-16-6)4-12-10-14-8-3-2-7(11)5-17(8)15-10/h2-3,5H,4H2,1H3,(H,12,15). The van der Waals surface area contributed by atoms with Gasteiger partial charge in [-0.15, -0.1) is 5.10 Å². The van der Waals surface area contributed by atoms with Crippen molar-refractivity contribution in [2.75, 3.05) is 5.32 Å². The first-order chi connectivity index (χ1) is 8.70. The van der Waals surface area contributed by atoms with Gasteiger partial charge in [0.1, 0.15) is 0 Å². The molecule has 0 atom stereocenters. The zero-order chi connectivity index (χ0) is 12.5. The zero-order valence-electron chi connectivity index (χ0n) is 9.46. The number of rotatable bonds is 3. The largest absolute Gasteiger partial charge is 0.344 e. The van der Waals surface area contributed by atoms with Crippen LogP contribution in [0.25, 0.3) is 5.65 Å². The third-order valence-corrected chi connectivity index (χ3v) is 2.73. The third kappa shape index (κ3) is 2.19. The van der Waals surface area contributed by atoms with Gasteiger partial charge in [0.2, 0.25) is 11.8 Å². The highest BCUT2D eigenvalue weighted by Gasteiger charge is 2.06. The molecule has 7 nitrogen and oxygen atoms in total. The number of halogens is 1. The number of nitrogens with one attached hydrogen (secondary N) is 1. The summed E-state index contributed by atoms with van der Waals surface area (Å²) < 4.78 is 7.62. The number of hydrogen-bond acceptors (Lipinski definition) is 6. The van der Waals surface area contributed by atoms with Crippen LogP contribution in [0.4, 0.5) is 5.95 Å². The highest BCUT2D eigenvalue weighted by molar-refractivity contribution is 9.10. The number of anilines is 1. The lowest BCUT2D eigenvalue weighted by Crippen LogP contribution is -2.01. The van der Waals surface area contributed by atoms with Gasteiger partial charge in [0, 0.05) is 10.7 Å². The smallest absolute Gasteiger partial charge is 0.246 e. The van der Waals surface area contributed by atoms with Crippen LogP contribution >= 0.6 is 15.9 Å². The van der Waals surface area contributed by atoms with Gasteiger partial charge in [-0.1, -0.05) is 5.16 Å². The van der Waals surface area contributed by atoms with E-state index in [1.165, 1.54) is 0 Å². The molecular formula is C10H9BrN6O. The Morgan fingerprint density at radius 1 is 1.39 bits per heavy atom. The fourth-order valence-corrected chi connectivity index (χ4v) is 1.83. The fourth-order valence-electron chi connectivity index (χ4n) is 1.50. The van der Waals surface area contributed by atoms with Crippen LogP contribution in [0.1, 0.15) is 11.7 Å². The minimum Gasteiger partial charge on any atom is -0.344 e. The molecule has 3 rings (SSSR count). The van der Waals surface area contributed by atoms with Gasteiger partial charge >= 0.3 is 0 Å². The minimum absolute atomic E-state index is 0.402. The Hall–Kier alpha value is -1.96. The molecule has 18 heavy (non-hydrogen) atoms. The molecule has 0 saturated heterocycles. The second kappa shape index (κ2) is 4.37. The number of nitrogens with zero attached hydrogens (tertiary/aromatic N) is 5. The summed E-state index contributed by atoms with van der Waals surface area (Å²) in [6, 6.07) is 3.79. The monoisotopic (exact) mass is 308 g/mol. The highest BCUT2D eigenvalue weighted by atomic mass is 79.9. The van der Waals surface area contributed by atoms with Crippen LogP contribution in [0.5, 0.6) is 0 Å². The van der Waals surface area contributed by atoms with E-state index in [-0.39, 0.29) is 0 Å². The molecule has 0 radical (unpaired) electrons. The number of hydrogen-bond donors (Lipinski definition) is 1. The fraction of sp³-hybridized carbons (Fsp3) is 0.200. The summed E-state index contributed by atoms with van der Waals surface area (Å²) in [6.07, 6.45) is 1.84. The normalized spacial score (nSPS) is 11.0. The molecule has 0 aliphatic carbocycles. The SMILES string of the molecule is Cc1noc(CNc2nc3ccc(Br)cn3n2)n1. The first-order valence-corrected chi connectivity index (χ1v) is 6.05. The number of aromatic nitrogens is 5. The van der Waals surface area contributed by atoms with Crippen molar-refractivity contribution in [3.8, 4) is 0 Å². The van der Waals surface area contributed by atoms with E-state index < -0.39 is 0 Å². The van der Waals surface area contributed by atoms with Gasteiger partial charge in [-0.25, -0.2) is 4.52 Å². The van der Waals surface area contributed by atoms with Crippen LogP contribution in [-0.2, 0) is 6.54 Å². The van der Waals surface area contributed by atoms with E-state index in [1.54, 1.807) is 11.4 Å². The lowest BCUT2D eigenvalue weighted by molar-refractivity contribution is 0.379. The summed E-state index contributed by atoms with van der Waals surface area (Å²) in [6.45, 7) is 2.17. The maximum atomic E-state index is 4.99. The number of aryl methyl sites for hydroxylation is 1. The van der Waals surface area contributed by atoms with Crippen molar-refractivity contribution >= 4 is 27.5 Å². The summed E-state index contributed by atoms with van der Waals surface area (Å²) >= 11 is 3.38. The Bertz CT molecular complexity index is 691. The molecule has 0 aromatic carbocycles. The molecule has 8 heteroatoms. The second-order valence-corrected chi connectivity index (χ2v) is 4.59. The zero-order valence-corrected chi connectivity index (χ0v) is 11.0. The molecular weight excluding hydrogens is 300 g/mol. The molecule has 0 amide bonds. The van der Waals surface area contributed by atoms with Crippen LogP contribution in [0, 0.1) is 6.92 Å². The van der Waals surface area contributed by atoms with Crippen molar-refractivity contribution < 1.29 is 4.52 Å². The van der Waals surface area contributed by atoms with Crippen molar-refractivity contribution in [2.24, 2.45) is 0 Å². The van der Waals surface area contributed by atoms with E-state index in [0.29, 0.717) is 24.2 Å². The van der Waals surface area contributed by atoms with E-state index in [1.807, 2.05) is 18.3 Å². The van der Waals surface area contributed by atoms with Crippen LogP contribution in [0.2, 0.25) is 0 Å². The molecule has 0 saturated carbocycles. The summed E-state index contributed by atoms with van der Waals surface area (Å²) in [7, 11) is 0. The van der Waals surface area contributed by atoms with Crippen LogP contribution < -0.4 is 5.32 Å². The average Bonchev–Trinajstić information content (AvgIpc) is 2.92. The van der Waals surface area contributed by atoms with Gasteiger partial charge in [0.15, 0.2) is 11.5 Å². The molecule has 0 aliphatic rings. The van der Waals surface area contributed by atoms with E-state index in [0.717, 1.165) is 10.1 Å². The minimum atomic E-state index is 0.402. The van der Waals surface area contributed by atoms with Gasteiger partial charge in [-0.2, -0.15) is 9.97 Å². The quantitative estimate of drug-likeness (QED) is 0.794. The topological polar surface area (TPSA) is 81.1 Å². The Balaban J connectivity index is 1.78. The predicted molar refractivity (Wildman–Crippen MR) is 67.0 cm³/mol. The number of fused-ring (bicyclic) bond motifs is 1. The van der Waals surface area contributed by atoms with Crippen molar-refractivity contribution in [3.63, 3.8) is 0 Å². The van der Waals surface area contributed by atoms with Crippen molar-refractivity contribution in [2.45, 2.75) is 13.5 Å². The summed E-state index contributed by atoms with van der Waals surface area (Å²) in [5.74, 6) is 1.63. The molecule has 1 N–H and O–H groups in total. The molecule has 0 fully saturated rings. The Morgan fingerprint density at radius 3 is 3.06 bits per heavy atom. The van der Waals surface area contributed by atoms with Gasteiger partial charge in [0.25, 0.3) is 0 Å². The molecule has 3 aromatic rings. The van der Waals surface area contributed by atoms with Crippen molar-refractivity contribution in [1.82, 2.24) is 24.7 Å². The maximum absolute atomic E-state index is 4.99. The molecule has 0 bridgehead atoms. The molecule has 3 heterocycles.